The Kier molecular flexibility index (Phi) is 4.11. The predicted octanol–water partition coefficient (Wildman–Crippen LogP) is 1.56. The molecule has 0 saturated carbocycles. The largest absolute Gasteiger partial charge is 0.480 e. The summed E-state index contributed by atoms with van der Waals surface area (Å²) in [5.74, 6) is -0.0848. The number of H-pyrrole nitrogens is 1. The van der Waals surface area contributed by atoms with Gasteiger partial charge in [0.2, 0.25) is 0 Å². The van der Waals surface area contributed by atoms with Crippen LogP contribution in [0.2, 0.25) is 0 Å². The first-order valence-corrected chi connectivity index (χ1v) is 5.91. The van der Waals surface area contributed by atoms with Crippen LogP contribution in [0.5, 0.6) is 0 Å². The zero-order chi connectivity index (χ0) is 13.9. The third-order valence-corrected chi connectivity index (χ3v) is 2.89. The minimum absolute atomic E-state index is 0.0668. The molecule has 0 aliphatic rings. The number of aromatic nitrogens is 2. The molecule has 1 aromatic heterocycles. The summed E-state index contributed by atoms with van der Waals surface area (Å²) in [5.41, 5.74) is -1.42. The molecule has 0 aliphatic heterocycles. The Balaban J connectivity index is 3.11. The van der Waals surface area contributed by atoms with Gasteiger partial charge in [0, 0.05) is 12.0 Å². The van der Waals surface area contributed by atoms with Crippen LogP contribution in [-0.4, -0.2) is 26.6 Å². The van der Waals surface area contributed by atoms with E-state index in [0.29, 0.717) is 12.2 Å². The Morgan fingerprint density at radius 1 is 1.61 bits per heavy atom. The van der Waals surface area contributed by atoms with Gasteiger partial charge in [0.15, 0.2) is 0 Å². The smallest absolute Gasteiger partial charge is 0.329 e. The van der Waals surface area contributed by atoms with Crippen LogP contribution in [0.4, 0.5) is 5.82 Å². The molecule has 1 rings (SSSR count). The minimum atomic E-state index is -1.13. The lowest BCUT2D eigenvalue weighted by molar-refractivity contribution is -0.141. The Hall–Kier alpha value is -1.85. The van der Waals surface area contributed by atoms with Crippen molar-refractivity contribution in [2.75, 3.05) is 5.32 Å². The van der Waals surface area contributed by atoms with E-state index in [-0.39, 0.29) is 17.3 Å². The van der Waals surface area contributed by atoms with Crippen molar-refractivity contribution >= 4 is 11.8 Å². The summed E-state index contributed by atoms with van der Waals surface area (Å²) in [5, 5.41) is 12.0. The van der Waals surface area contributed by atoms with E-state index < -0.39 is 11.5 Å². The number of anilines is 1. The molecule has 1 atom stereocenters. The monoisotopic (exact) mass is 253 g/mol. The Morgan fingerprint density at radius 2 is 2.22 bits per heavy atom. The van der Waals surface area contributed by atoms with Gasteiger partial charge in [-0.2, -0.15) is 0 Å². The van der Waals surface area contributed by atoms with Gasteiger partial charge in [-0.25, -0.2) is 9.78 Å². The summed E-state index contributed by atoms with van der Waals surface area (Å²) in [6, 6.07) is 1.27. The van der Waals surface area contributed by atoms with Crippen molar-refractivity contribution in [1.29, 1.82) is 0 Å². The Morgan fingerprint density at radius 3 is 2.67 bits per heavy atom. The molecule has 18 heavy (non-hydrogen) atoms. The van der Waals surface area contributed by atoms with E-state index in [1.165, 1.54) is 6.07 Å². The number of carboxylic acids is 1. The highest BCUT2D eigenvalue weighted by atomic mass is 16.4. The van der Waals surface area contributed by atoms with Gasteiger partial charge in [0.1, 0.15) is 17.2 Å². The number of nitrogens with zero attached hydrogens (tertiary/aromatic N) is 1. The van der Waals surface area contributed by atoms with Crippen molar-refractivity contribution in [2.45, 2.75) is 45.6 Å². The number of rotatable bonds is 5. The third kappa shape index (κ3) is 3.09. The van der Waals surface area contributed by atoms with Crippen LogP contribution in [-0.2, 0) is 4.79 Å². The van der Waals surface area contributed by atoms with Gasteiger partial charge in [-0.05, 0) is 13.3 Å². The second-order valence-corrected chi connectivity index (χ2v) is 4.79. The number of hydrogen-bond acceptors (Lipinski definition) is 4. The first kappa shape index (κ1) is 14.2. The maximum absolute atomic E-state index is 11.5. The van der Waals surface area contributed by atoms with Crippen LogP contribution in [0.15, 0.2) is 10.9 Å². The molecule has 100 valence electrons. The van der Waals surface area contributed by atoms with Crippen LogP contribution in [0.25, 0.3) is 0 Å². The van der Waals surface area contributed by atoms with Gasteiger partial charge in [-0.3, -0.25) is 4.79 Å². The molecule has 1 aromatic rings. The van der Waals surface area contributed by atoms with Crippen LogP contribution in [0, 0.1) is 0 Å². The molecule has 0 bridgehead atoms. The van der Waals surface area contributed by atoms with Gasteiger partial charge < -0.3 is 15.4 Å². The quantitative estimate of drug-likeness (QED) is 0.740. The lowest BCUT2D eigenvalue weighted by atomic mass is 9.99. The van der Waals surface area contributed by atoms with Gasteiger partial charge >= 0.3 is 5.97 Å². The first-order valence-electron chi connectivity index (χ1n) is 5.91. The zero-order valence-corrected chi connectivity index (χ0v) is 11.1. The van der Waals surface area contributed by atoms with E-state index in [0.717, 1.165) is 0 Å². The third-order valence-electron chi connectivity index (χ3n) is 2.89. The van der Waals surface area contributed by atoms with Crippen LogP contribution >= 0.6 is 0 Å². The first-order chi connectivity index (χ1) is 8.28. The highest BCUT2D eigenvalue weighted by Gasteiger charge is 2.31. The van der Waals surface area contributed by atoms with Crippen LogP contribution < -0.4 is 10.9 Å². The Labute approximate surface area is 105 Å². The van der Waals surface area contributed by atoms with Gasteiger partial charge in [-0.1, -0.05) is 20.8 Å². The summed E-state index contributed by atoms with van der Waals surface area (Å²) in [4.78, 5) is 29.5. The van der Waals surface area contributed by atoms with Crippen LogP contribution in [0.1, 0.15) is 45.9 Å². The van der Waals surface area contributed by atoms with Crippen molar-refractivity contribution in [1.82, 2.24) is 9.97 Å². The van der Waals surface area contributed by atoms with Gasteiger partial charge in [0.25, 0.3) is 5.56 Å². The fourth-order valence-corrected chi connectivity index (χ4v) is 1.39. The van der Waals surface area contributed by atoms with Crippen molar-refractivity contribution in [3.8, 4) is 0 Å². The topological polar surface area (TPSA) is 95.1 Å². The van der Waals surface area contributed by atoms with E-state index in [4.69, 9.17) is 5.11 Å². The fraction of sp³-hybridized carbons (Fsp3) is 0.583. The lowest BCUT2D eigenvalue weighted by Crippen LogP contribution is -2.43. The molecule has 0 aliphatic carbocycles. The molecule has 0 aromatic carbocycles. The van der Waals surface area contributed by atoms with E-state index >= 15 is 0 Å². The average molecular weight is 253 g/mol. The van der Waals surface area contributed by atoms with Crippen molar-refractivity contribution in [3.63, 3.8) is 0 Å². The predicted molar refractivity (Wildman–Crippen MR) is 68.9 cm³/mol. The summed E-state index contributed by atoms with van der Waals surface area (Å²) in [7, 11) is 0. The molecule has 1 heterocycles. The van der Waals surface area contributed by atoms with Crippen molar-refractivity contribution in [2.24, 2.45) is 0 Å². The van der Waals surface area contributed by atoms with Crippen molar-refractivity contribution < 1.29 is 9.90 Å². The van der Waals surface area contributed by atoms with Crippen molar-refractivity contribution in [3.05, 3.63) is 22.2 Å². The number of nitrogens with one attached hydrogen (secondary N) is 2. The summed E-state index contributed by atoms with van der Waals surface area (Å²) < 4.78 is 0. The standard InChI is InChI=1S/C12H19N3O3/c1-5-12(4,11(17)18)15-8-6-9(16)14-10(13-8)7(2)3/h6-7H,5H2,1-4H3,(H,17,18)(H2,13,14,15,16). The molecule has 1 unspecified atom stereocenters. The number of carboxylic acid groups (broad SMARTS) is 1. The van der Waals surface area contributed by atoms with E-state index in [1.54, 1.807) is 13.8 Å². The molecule has 0 fully saturated rings. The molecule has 0 saturated heterocycles. The van der Waals surface area contributed by atoms with Gasteiger partial charge in [0.05, 0.1) is 0 Å². The summed E-state index contributed by atoms with van der Waals surface area (Å²) in [6.07, 6.45) is 0.383. The highest BCUT2D eigenvalue weighted by Crippen LogP contribution is 2.17. The summed E-state index contributed by atoms with van der Waals surface area (Å²) in [6.45, 7) is 7.13. The molecule has 6 heteroatoms. The zero-order valence-electron chi connectivity index (χ0n) is 11.1. The normalized spacial score (nSPS) is 14.3. The molecule has 6 nitrogen and oxygen atoms in total. The Bertz CT molecular complexity index is 496. The average Bonchev–Trinajstić information content (AvgIpc) is 2.27. The second-order valence-electron chi connectivity index (χ2n) is 4.79. The minimum Gasteiger partial charge on any atom is -0.480 e. The number of aliphatic carboxylic acids is 1. The maximum Gasteiger partial charge on any atom is 0.329 e. The maximum atomic E-state index is 11.5. The fourth-order valence-electron chi connectivity index (χ4n) is 1.39. The number of aromatic amines is 1. The van der Waals surface area contributed by atoms with E-state index in [1.807, 2.05) is 13.8 Å². The van der Waals surface area contributed by atoms with Gasteiger partial charge in [-0.15, -0.1) is 0 Å². The highest BCUT2D eigenvalue weighted by molar-refractivity contribution is 5.81. The molecule has 0 spiro atoms. The lowest BCUT2D eigenvalue weighted by Gasteiger charge is -2.25. The number of hydrogen-bond donors (Lipinski definition) is 3. The molecular weight excluding hydrogens is 234 g/mol. The number of carbonyl (C=O) groups is 1. The molecule has 0 amide bonds. The summed E-state index contributed by atoms with van der Waals surface area (Å²) >= 11 is 0. The molecular formula is C12H19N3O3. The van der Waals surface area contributed by atoms with E-state index in [9.17, 15) is 9.59 Å². The van der Waals surface area contributed by atoms with E-state index in [2.05, 4.69) is 15.3 Å². The molecule has 3 N–H and O–H groups in total. The second kappa shape index (κ2) is 5.20. The molecule has 0 radical (unpaired) electrons. The SMILES string of the molecule is CCC(C)(Nc1cc(=O)[nH]c(C(C)C)n1)C(=O)O. The van der Waals surface area contributed by atoms with Crippen LogP contribution in [0.3, 0.4) is 0 Å².